The molecule has 9 heteroatoms. The summed E-state index contributed by atoms with van der Waals surface area (Å²) in [5, 5.41) is 6.06. The number of nitrogens with zero attached hydrogens (tertiary/aromatic N) is 3. The zero-order valence-electron chi connectivity index (χ0n) is 14.6. The number of thioether (sulfide) groups is 1. The van der Waals surface area contributed by atoms with Crippen LogP contribution in [0.1, 0.15) is 12.8 Å². The summed E-state index contributed by atoms with van der Waals surface area (Å²) in [6, 6.07) is 10.9. The number of aromatic amines is 1. The van der Waals surface area contributed by atoms with E-state index < -0.39 is 0 Å². The fourth-order valence-electron chi connectivity index (χ4n) is 2.91. The van der Waals surface area contributed by atoms with E-state index in [4.69, 9.17) is 4.74 Å². The highest BCUT2D eigenvalue weighted by Gasteiger charge is 2.17. The summed E-state index contributed by atoms with van der Waals surface area (Å²) >= 11 is 1.25. The molecule has 1 aliphatic rings. The number of hydrogen-bond donors (Lipinski definition) is 2. The third-order valence-corrected chi connectivity index (χ3v) is 5.18. The van der Waals surface area contributed by atoms with Gasteiger partial charge in [-0.15, -0.1) is 0 Å². The van der Waals surface area contributed by atoms with Crippen LogP contribution in [0.5, 0.6) is 0 Å². The molecule has 8 nitrogen and oxygen atoms in total. The Bertz CT molecular complexity index is 995. The molecule has 0 saturated carbocycles. The number of amides is 1. The molecule has 1 atom stereocenters. The molecule has 0 spiro atoms. The fourth-order valence-corrected chi connectivity index (χ4v) is 3.69. The van der Waals surface area contributed by atoms with Gasteiger partial charge in [0, 0.05) is 24.8 Å². The van der Waals surface area contributed by atoms with Gasteiger partial charge in [-0.25, -0.2) is 14.5 Å². The zero-order valence-corrected chi connectivity index (χ0v) is 15.4. The minimum atomic E-state index is -0.265. The van der Waals surface area contributed by atoms with Gasteiger partial charge in [0.25, 0.3) is 5.56 Å². The lowest BCUT2D eigenvalue weighted by Crippen LogP contribution is -2.33. The predicted octanol–water partition coefficient (Wildman–Crippen LogP) is 1.47. The standard InChI is InChI=1S/C18H19N5O3S/c24-15-9-14-20-17(12-5-2-1-3-6-12)21-18(23(14)22-15)27-11-16(25)19-10-13-7-4-8-26-13/h1-3,5-6,9,13H,4,7-8,10-11H2,(H,19,25)(H,22,24). The summed E-state index contributed by atoms with van der Waals surface area (Å²) in [6.45, 7) is 1.28. The third kappa shape index (κ3) is 4.20. The number of rotatable bonds is 6. The molecular weight excluding hydrogens is 366 g/mol. The minimum absolute atomic E-state index is 0.0990. The molecule has 140 valence electrons. The molecule has 27 heavy (non-hydrogen) atoms. The Balaban J connectivity index is 1.51. The molecule has 0 aliphatic carbocycles. The fraction of sp³-hybridized carbons (Fsp3) is 0.333. The van der Waals surface area contributed by atoms with Crippen LogP contribution in [-0.4, -0.2) is 50.5 Å². The monoisotopic (exact) mass is 385 g/mol. The Morgan fingerprint density at radius 3 is 2.96 bits per heavy atom. The molecule has 0 radical (unpaired) electrons. The molecule has 3 heterocycles. The summed E-state index contributed by atoms with van der Waals surface area (Å²) in [5.41, 5.74) is 1.05. The molecule has 1 saturated heterocycles. The van der Waals surface area contributed by atoms with Crippen molar-refractivity contribution in [1.29, 1.82) is 0 Å². The van der Waals surface area contributed by atoms with E-state index in [1.54, 1.807) is 0 Å². The molecule has 2 aromatic heterocycles. The first-order valence-corrected chi connectivity index (χ1v) is 9.74. The Morgan fingerprint density at radius 1 is 1.33 bits per heavy atom. The quantitative estimate of drug-likeness (QED) is 0.623. The van der Waals surface area contributed by atoms with Crippen molar-refractivity contribution >= 4 is 23.3 Å². The van der Waals surface area contributed by atoms with E-state index in [9.17, 15) is 9.59 Å². The smallest absolute Gasteiger partial charge is 0.266 e. The first-order chi connectivity index (χ1) is 13.2. The maximum atomic E-state index is 12.2. The molecule has 0 bridgehead atoms. The number of carbonyl (C=O) groups excluding carboxylic acids is 1. The van der Waals surface area contributed by atoms with E-state index in [0.29, 0.717) is 23.2 Å². The van der Waals surface area contributed by atoms with Crippen LogP contribution in [0.15, 0.2) is 46.3 Å². The number of carbonyl (C=O) groups is 1. The van der Waals surface area contributed by atoms with Crippen molar-refractivity contribution < 1.29 is 9.53 Å². The molecule has 4 rings (SSSR count). The summed E-state index contributed by atoms with van der Waals surface area (Å²) in [4.78, 5) is 32.9. The van der Waals surface area contributed by atoms with Gasteiger partial charge in [-0.1, -0.05) is 42.1 Å². The van der Waals surface area contributed by atoms with Crippen molar-refractivity contribution in [2.24, 2.45) is 0 Å². The van der Waals surface area contributed by atoms with E-state index in [1.165, 1.54) is 22.3 Å². The zero-order chi connectivity index (χ0) is 18.6. The molecule has 1 aliphatic heterocycles. The van der Waals surface area contributed by atoms with E-state index in [2.05, 4.69) is 20.4 Å². The van der Waals surface area contributed by atoms with Crippen LogP contribution in [0.2, 0.25) is 0 Å². The van der Waals surface area contributed by atoms with Gasteiger partial charge in [-0.05, 0) is 12.8 Å². The average Bonchev–Trinajstić information content (AvgIpc) is 3.33. The largest absolute Gasteiger partial charge is 0.376 e. The summed E-state index contributed by atoms with van der Waals surface area (Å²) in [5.74, 6) is 0.600. The Labute approximate surface area is 159 Å². The first kappa shape index (κ1) is 17.7. The second-order valence-electron chi connectivity index (χ2n) is 6.24. The summed E-state index contributed by atoms with van der Waals surface area (Å²) in [6.07, 6.45) is 2.12. The van der Waals surface area contributed by atoms with Gasteiger partial charge < -0.3 is 10.1 Å². The summed E-state index contributed by atoms with van der Waals surface area (Å²) in [7, 11) is 0. The number of fused-ring (bicyclic) bond motifs is 1. The van der Waals surface area contributed by atoms with Crippen LogP contribution in [-0.2, 0) is 9.53 Å². The van der Waals surface area contributed by atoms with Gasteiger partial charge >= 0.3 is 0 Å². The highest BCUT2D eigenvalue weighted by molar-refractivity contribution is 7.99. The van der Waals surface area contributed by atoms with E-state index in [1.807, 2.05) is 30.3 Å². The topological polar surface area (TPSA) is 101 Å². The van der Waals surface area contributed by atoms with E-state index in [0.717, 1.165) is 25.0 Å². The lowest BCUT2D eigenvalue weighted by molar-refractivity contribution is -0.119. The number of benzene rings is 1. The number of nitrogens with one attached hydrogen (secondary N) is 2. The van der Waals surface area contributed by atoms with Crippen molar-refractivity contribution in [2.45, 2.75) is 24.1 Å². The molecular formula is C18H19N5O3S. The average molecular weight is 385 g/mol. The number of hydrogen-bond acceptors (Lipinski definition) is 6. The van der Waals surface area contributed by atoms with Crippen molar-refractivity contribution in [1.82, 2.24) is 24.9 Å². The first-order valence-electron chi connectivity index (χ1n) is 8.75. The van der Waals surface area contributed by atoms with Crippen molar-refractivity contribution in [2.75, 3.05) is 18.9 Å². The number of aromatic nitrogens is 4. The maximum Gasteiger partial charge on any atom is 0.266 e. The van der Waals surface area contributed by atoms with Crippen LogP contribution >= 0.6 is 11.8 Å². The second kappa shape index (κ2) is 7.93. The van der Waals surface area contributed by atoms with Crippen LogP contribution in [0.25, 0.3) is 17.0 Å². The third-order valence-electron chi connectivity index (χ3n) is 4.24. The molecule has 1 unspecified atom stereocenters. The Hall–Kier alpha value is -2.65. The van der Waals surface area contributed by atoms with E-state index >= 15 is 0 Å². The molecule has 3 aromatic rings. The lowest BCUT2D eigenvalue weighted by Gasteiger charge is -2.11. The number of H-pyrrole nitrogens is 1. The van der Waals surface area contributed by atoms with Crippen molar-refractivity contribution in [3.05, 3.63) is 46.8 Å². The van der Waals surface area contributed by atoms with Crippen molar-refractivity contribution in [3.8, 4) is 11.4 Å². The molecule has 2 N–H and O–H groups in total. The highest BCUT2D eigenvalue weighted by atomic mass is 32.2. The number of ether oxygens (including phenoxy) is 1. The van der Waals surface area contributed by atoms with Crippen LogP contribution < -0.4 is 10.9 Å². The normalized spacial score (nSPS) is 16.7. The Kier molecular flexibility index (Phi) is 5.21. The second-order valence-corrected chi connectivity index (χ2v) is 7.18. The van der Waals surface area contributed by atoms with Gasteiger partial charge in [0.2, 0.25) is 5.91 Å². The van der Waals surface area contributed by atoms with Crippen LogP contribution in [0.4, 0.5) is 0 Å². The van der Waals surface area contributed by atoms with Gasteiger partial charge in [0.05, 0.1) is 11.9 Å². The molecule has 1 aromatic carbocycles. The SMILES string of the molecule is O=C(CSc1nc(-c2ccccc2)nc2cc(=O)[nH]n12)NCC1CCCO1. The highest BCUT2D eigenvalue weighted by Crippen LogP contribution is 2.21. The van der Waals surface area contributed by atoms with E-state index in [-0.39, 0.29) is 23.3 Å². The molecule has 1 fully saturated rings. The van der Waals surface area contributed by atoms with Crippen LogP contribution in [0.3, 0.4) is 0 Å². The van der Waals surface area contributed by atoms with Gasteiger partial charge in [0.15, 0.2) is 16.6 Å². The Morgan fingerprint density at radius 2 is 2.19 bits per heavy atom. The lowest BCUT2D eigenvalue weighted by atomic mass is 10.2. The summed E-state index contributed by atoms with van der Waals surface area (Å²) < 4.78 is 7.01. The maximum absolute atomic E-state index is 12.2. The molecule has 1 amide bonds. The minimum Gasteiger partial charge on any atom is -0.376 e. The van der Waals surface area contributed by atoms with Crippen LogP contribution in [0, 0.1) is 0 Å². The van der Waals surface area contributed by atoms with Gasteiger partial charge in [0.1, 0.15) is 0 Å². The van der Waals surface area contributed by atoms with Crippen molar-refractivity contribution in [3.63, 3.8) is 0 Å². The van der Waals surface area contributed by atoms with Gasteiger partial charge in [-0.2, -0.15) is 0 Å². The van der Waals surface area contributed by atoms with Gasteiger partial charge in [-0.3, -0.25) is 14.7 Å². The predicted molar refractivity (Wildman–Crippen MR) is 102 cm³/mol.